The van der Waals surface area contributed by atoms with Crippen molar-refractivity contribution < 1.29 is 27.8 Å². The molecule has 1 saturated heterocycles. The number of anilines is 1. The zero-order valence-electron chi connectivity index (χ0n) is 23.7. The molecule has 0 radical (unpaired) electrons. The predicted molar refractivity (Wildman–Crippen MR) is 173 cm³/mol. The lowest BCUT2D eigenvalue weighted by atomic mass is 10.1. The molecule has 1 unspecified atom stereocenters. The smallest absolute Gasteiger partial charge is 0.323 e. The zero-order valence-corrected chi connectivity index (χ0v) is 26.9. The van der Waals surface area contributed by atoms with Gasteiger partial charge in [-0.25, -0.2) is 8.42 Å². The lowest BCUT2D eigenvalue weighted by molar-refractivity contribution is -0.139. The molecule has 43 heavy (non-hydrogen) atoms. The van der Waals surface area contributed by atoms with Crippen LogP contribution in [0.1, 0.15) is 43.4 Å². The van der Waals surface area contributed by atoms with Crippen molar-refractivity contribution in [1.82, 2.24) is 4.90 Å². The van der Waals surface area contributed by atoms with E-state index < -0.39 is 27.8 Å². The molecule has 0 aromatic heterocycles. The molecule has 11 nitrogen and oxygen atoms in total. The van der Waals surface area contributed by atoms with E-state index in [9.17, 15) is 18.3 Å². The van der Waals surface area contributed by atoms with E-state index in [2.05, 4.69) is 0 Å². The fourth-order valence-corrected chi connectivity index (χ4v) is 6.86. The molecule has 0 spiro atoms. The number of fused-ring (bicyclic) bond motifs is 1. The first-order chi connectivity index (χ1) is 19.4. The van der Waals surface area contributed by atoms with Crippen molar-refractivity contribution in [2.24, 2.45) is 5.73 Å². The van der Waals surface area contributed by atoms with Gasteiger partial charge in [0.15, 0.2) is 5.75 Å². The van der Waals surface area contributed by atoms with Crippen molar-refractivity contribution in [3.8, 4) is 11.5 Å². The molecule has 1 fully saturated rings. The average molecular weight is 677 g/mol. The van der Waals surface area contributed by atoms with Gasteiger partial charge in [-0.05, 0) is 44.2 Å². The van der Waals surface area contributed by atoms with Crippen LogP contribution >= 0.6 is 36.4 Å². The number of halogens is 3. The van der Waals surface area contributed by atoms with Crippen LogP contribution in [-0.2, 0) is 26.0 Å². The molecule has 2 heterocycles. The zero-order chi connectivity index (χ0) is 29.9. The van der Waals surface area contributed by atoms with Crippen LogP contribution in [0.3, 0.4) is 0 Å². The first kappa shape index (κ1) is 36.0. The quantitative estimate of drug-likeness (QED) is 0.173. The van der Waals surface area contributed by atoms with Crippen LogP contribution < -0.4 is 14.8 Å². The molecule has 2 aromatic carbocycles. The number of aromatic hydroxyl groups is 1. The van der Waals surface area contributed by atoms with Gasteiger partial charge >= 0.3 is 5.97 Å². The number of nitrogens with two attached hydrogens (primary N) is 1. The summed E-state index contributed by atoms with van der Waals surface area (Å²) in [6, 6.07) is 6.93. The standard InChI is InChI=1S/C28H34ClN5O6S.2ClH/c1-3-39-26(36)16-41(37,38)34-20(6-4-18-14-19(28(31)32)5-8-24(18)35)15-22-23(34)7-9-25(27(22)29)40-21-10-12-33(13-11-21)17(2)30;;/h4-9,14,20-21,30,35H,3,10-13,15-16H2,1-2H3,(H3,31,32);2*1H/b6-4+,30-17?;;. The summed E-state index contributed by atoms with van der Waals surface area (Å²) in [7, 11) is -4.19. The van der Waals surface area contributed by atoms with Gasteiger partial charge in [0, 0.05) is 49.0 Å². The van der Waals surface area contributed by atoms with E-state index in [-0.39, 0.29) is 55.5 Å². The number of nitrogen functional groups attached to an aromatic ring is 1. The summed E-state index contributed by atoms with van der Waals surface area (Å²) in [5, 5.41) is 26.1. The van der Waals surface area contributed by atoms with Crippen molar-refractivity contribution in [3.05, 3.63) is 58.1 Å². The third-order valence-electron chi connectivity index (χ3n) is 7.09. The van der Waals surface area contributed by atoms with Crippen molar-refractivity contribution >= 4 is 75.8 Å². The number of likely N-dealkylation sites (tertiary alicyclic amines) is 1. The Morgan fingerprint density at radius 2 is 1.86 bits per heavy atom. The summed E-state index contributed by atoms with van der Waals surface area (Å²) in [5.74, 6) is -1.01. The maximum absolute atomic E-state index is 13.5. The minimum atomic E-state index is -4.19. The van der Waals surface area contributed by atoms with Crippen molar-refractivity contribution in [3.63, 3.8) is 0 Å². The Bertz CT molecular complexity index is 1500. The Labute approximate surface area is 268 Å². The van der Waals surface area contributed by atoms with Crippen LogP contribution in [0.15, 0.2) is 36.4 Å². The van der Waals surface area contributed by atoms with Gasteiger partial charge in [0.25, 0.3) is 0 Å². The molecule has 2 aliphatic rings. The van der Waals surface area contributed by atoms with Crippen molar-refractivity contribution in [2.45, 2.75) is 45.3 Å². The van der Waals surface area contributed by atoms with Gasteiger partial charge in [0.05, 0.1) is 29.2 Å². The lowest BCUT2D eigenvalue weighted by Crippen LogP contribution is -2.40. The minimum Gasteiger partial charge on any atom is -0.507 e. The number of phenolic OH excluding ortho intramolecular Hbond substituents is 1. The van der Waals surface area contributed by atoms with Gasteiger partial charge in [0.1, 0.15) is 23.4 Å². The lowest BCUT2D eigenvalue weighted by Gasteiger charge is -2.33. The second kappa shape index (κ2) is 15.0. The van der Waals surface area contributed by atoms with Crippen molar-refractivity contribution in [1.29, 1.82) is 10.8 Å². The summed E-state index contributed by atoms with van der Waals surface area (Å²) < 4.78 is 39.3. The molecule has 4 rings (SSSR count). The molecular formula is C28H36Cl3N5O6S. The van der Waals surface area contributed by atoms with Crippen LogP contribution in [0.25, 0.3) is 6.08 Å². The minimum absolute atomic E-state index is 0. The van der Waals surface area contributed by atoms with E-state index in [0.29, 0.717) is 52.1 Å². The van der Waals surface area contributed by atoms with Crippen molar-refractivity contribution in [2.75, 3.05) is 29.8 Å². The average Bonchev–Trinajstić information content (AvgIpc) is 3.30. The number of piperidine rings is 1. The van der Waals surface area contributed by atoms with E-state index in [4.69, 9.17) is 37.6 Å². The van der Waals surface area contributed by atoms with E-state index in [0.717, 1.165) is 17.1 Å². The predicted octanol–water partition coefficient (Wildman–Crippen LogP) is 4.35. The summed E-state index contributed by atoms with van der Waals surface area (Å²) in [6.07, 6.45) is 4.69. The Morgan fingerprint density at radius 3 is 2.47 bits per heavy atom. The first-order valence-electron chi connectivity index (χ1n) is 13.2. The summed E-state index contributed by atoms with van der Waals surface area (Å²) in [5.41, 5.74) is 7.22. The van der Waals surface area contributed by atoms with Gasteiger partial charge in [-0.2, -0.15) is 0 Å². The van der Waals surface area contributed by atoms with Crippen LogP contribution in [0, 0.1) is 10.8 Å². The molecule has 5 N–H and O–H groups in total. The fourth-order valence-electron chi connectivity index (χ4n) is 5.03. The van der Waals surface area contributed by atoms with E-state index in [1.165, 1.54) is 18.2 Å². The van der Waals surface area contributed by atoms with Gasteiger partial charge in [-0.15, -0.1) is 24.8 Å². The number of hydrogen-bond acceptors (Lipinski definition) is 8. The SMILES string of the molecule is CCOC(=O)CS(=O)(=O)N1c2ccc(OC3CCN(C(C)=N)CC3)c(Cl)c2CC1/C=C/c1cc(C(=N)N)ccc1O.Cl.Cl. The van der Waals surface area contributed by atoms with E-state index >= 15 is 0 Å². The van der Waals surface area contributed by atoms with E-state index in [1.807, 2.05) is 4.90 Å². The van der Waals surface area contributed by atoms with Crippen LogP contribution in [0.2, 0.25) is 5.02 Å². The number of nitrogens with zero attached hydrogens (tertiary/aromatic N) is 2. The van der Waals surface area contributed by atoms with Gasteiger partial charge in [-0.3, -0.25) is 19.9 Å². The number of hydrogen-bond donors (Lipinski definition) is 4. The molecule has 1 atom stereocenters. The number of phenols is 1. The Morgan fingerprint density at radius 1 is 1.19 bits per heavy atom. The second-order valence-corrected chi connectivity index (χ2v) is 12.2. The number of sulfonamides is 1. The van der Waals surface area contributed by atoms with E-state index in [1.54, 1.807) is 38.1 Å². The number of amidine groups is 2. The molecule has 0 aliphatic carbocycles. The maximum atomic E-state index is 13.5. The fraction of sp³-hybridized carbons (Fsp3) is 0.393. The third-order valence-corrected chi connectivity index (χ3v) is 9.17. The Kier molecular flexibility index (Phi) is 12.6. The summed E-state index contributed by atoms with van der Waals surface area (Å²) >= 11 is 6.80. The van der Waals surface area contributed by atoms with Gasteiger partial charge < -0.3 is 25.2 Å². The normalized spacial score (nSPS) is 16.7. The molecule has 0 saturated carbocycles. The number of nitrogens with one attached hydrogen (secondary N) is 2. The highest BCUT2D eigenvalue weighted by Gasteiger charge is 2.39. The Hall–Kier alpha value is -3.19. The highest BCUT2D eigenvalue weighted by molar-refractivity contribution is 7.93. The highest BCUT2D eigenvalue weighted by Crippen LogP contribution is 2.44. The molecule has 15 heteroatoms. The van der Waals surface area contributed by atoms with Crippen LogP contribution in [0.5, 0.6) is 11.5 Å². The molecule has 0 bridgehead atoms. The summed E-state index contributed by atoms with van der Waals surface area (Å²) in [4.78, 5) is 14.2. The number of ether oxygens (including phenoxy) is 2. The second-order valence-electron chi connectivity index (χ2n) is 9.94. The number of carbonyl (C=O) groups excluding carboxylic acids is 1. The number of rotatable bonds is 9. The molecule has 2 aliphatic heterocycles. The number of benzene rings is 2. The topological polar surface area (TPSA) is 170 Å². The molecule has 2 aromatic rings. The largest absolute Gasteiger partial charge is 0.507 e. The maximum Gasteiger partial charge on any atom is 0.323 e. The third kappa shape index (κ3) is 8.26. The van der Waals surface area contributed by atoms with Crippen LogP contribution in [0.4, 0.5) is 5.69 Å². The molecule has 236 valence electrons. The van der Waals surface area contributed by atoms with Gasteiger partial charge in [0.2, 0.25) is 10.0 Å². The Balaban J connectivity index is 0.00000323. The monoisotopic (exact) mass is 675 g/mol. The summed E-state index contributed by atoms with van der Waals surface area (Å²) in [6.45, 7) is 4.80. The molecular weight excluding hydrogens is 641 g/mol. The first-order valence-corrected chi connectivity index (χ1v) is 15.2. The number of carbonyl (C=O) groups is 1. The highest BCUT2D eigenvalue weighted by atomic mass is 35.5. The number of esters is 1. The molecule has 0 amide bonds. The van der Waals surface area contributed by atoms with Gasteiger partial charge in [-0.1, -0.05) is 23.8 Å². The van der Waals surface area contributed by atoms with Crippen LogP contribution in [-0.4, -0.2) is 73.7 Å².